The minimum Gasteiger partial charge on any atom is -0.479 e. The molecule has 5 nitrogen and oxygen atoms in total. The van der Waals surface area contributed by atoms with Gasteiger partial charge in [-0.25, -0.2) is 4.79 Å². The molecule has 1 aliphatic rings. The molecule has 0 bridgehead atoms. The van der Waals surface area contributed by atoms with E-state index in [0.717, 1.165) is 24.1 Å². The van der Waals surface area contributed by atoms with Crippen molar-refractivity contribution in [2.45, 2.75) is 38.2 Å². The molecule has 0 spiro atoms. The predicted octanol–water partition coefficient (Wildman–Crippen LogP) is 1.42. The maximum Gasteiger partial charge on any atom is 0.333 e. The van der Waals surface area contributed by atoms with Crippen LogP contribution in [0, 0.1) is 13.8 Å². The van der Waals surface area contributed by atoms with E-state index in [1.807, 2.05) is 13.8 Å². The summed E-state index contributed by atoms with van der Waals surface area (Å²) >= 11 is 0. The summed E-state index contributed by atoms with van der Waals surface area (Å²) in [7, 11) is 1.43. The van der Waals surface area contributed by atoms with Crippen molar-refractivity contribution in [1.82, 2.24) is 5.16 Å². The van der Waals surface area contributed by atoms with Crippen molar-refractivity contribution in [3.05, 3.63) is 17.0 Å². The summed E-state index contributed by atoms with van der Waals surface area (Å²) in [6, 6.07) is 0. The fourth-order valence-corrected chi connectivity index (χ4v) is 2.53. The second-order valence-corrected chi connectivity index (χ2v) is 4.31. The van der Waals surface area contributed by atoms with Gasteiger partial charge in [0.05, 0.1) is 5.69 Å². The van der Waals surface area contributed by atoms with Crippen molar-refractivity contribution >= 4 is 5.97 Å². The molecule has 0 saturated heterocycles. The van der Waals surface area contributed by atoms with Gasteiger partial charge in [0.25, 0.3) is 0 Å². The quantitative estimate of drug-likeness (QED) is 0.839. The van der Waals surface area contributed by atoms with E-state index in [2.05, 4.69) is 5.16 Å². The van der Waals surface area contributed by atoms with Gasteiger partial charge in [-0.15, -0.1) is 0 Å². The number of hydrogen-bond donors (Lipinski definition) is 1. The lowest BCUT2D eigenvalue weighted by molar-refractivity contribution is -0.150. The second-order valence-electron chi connectivity index (χ2n) is 4.31. The van der Waals surface area contributed by atoms with E-state index in [9.17, 15) is 4.79 Å². The highest BCUT2D eigenvalue weighted by Gasteiger charge is 2.57. The Morgan fingerprint density at radius 3 is 2.50 bits per heavy atom. The van der Waals surface area contributed by atoms with Gasteiger partial charge in [-0.2, -0.15) is 0 Å². The largest absolute Gasteiger partial charge is 0.479 e. The van der Waals surface area contributed by atoms with Crippen LogP contribution in [0.5, 0.6) is 0 Å². The first kappa shape index (κ1) is 11.1. The van der Waals surface area contributed by atoms with E-state index in [-0.39, 0.29) is 0 Å². The lowest BCUT2D eigenvalue weighted by Gasteiger charge is -2.21. The van der Waals surface area contributed by atoms with E-state index in [0.29, 0.717) is 5.76 Å². The molecule has 1 aliphatic carbocycles. The number of hydrogen-bond acceptors (Lipinski definition) is 4. The van der Waals surface area contributed by atoms with Gasteiger partial charge in [-0.1, -0.05) is 5.16 Å². The minimum absolute atomic E-state index is 0.436. The zero-order valence-electron chi connectivity index (χ0n) is 9.61. The van der Waals surface area contributed by atoms with E-state index in [1.54, 1.807) is 0 Å². The Kier molecular flexibility index (Phi) is 2.50. The second kappa shape index (κ2) is 3.59. The van der Waals surface area contributed by atoms with E-state index >= 15 is 0 Å². The number of aliphatic carboxylic acids is 1. The molecule has 88 valence electrons. The molecule has 0 amide bonds. The SMILES string of the molecule is COC(C(=O)O)C1(c2c(C)noc2C)CC1. The number of carboxylic acid groups (broad SMARTS) is 1. The van der Waals surface area contributed by atoms with Gasteiger partial charge in [0.15, 0.2) is 6.10 Å². The first-order valence-electron chi connectivity index (χ1n) is 5.22. The van der Waals surface area contributed by atoms with Crippen molar-refractivity contribution in [3.63, 3.8) is 0 Å². The molecule has 1 fully saturated rings. The summed E-state index contributed by atoms with van der Waals surface area (Å²) in [5.41, 5.74) is 1.23. The van der Waals surface area contributed by atoms with Crippen molar-refractivity contribution in [2.24, 2.45) is 0 Å². The molecule has 1 atom stereocenters. The topological polar surface area (TPSA) is 72.6 Å². The predicted molar refractivity (Wildman–Crippen MR) is 55.3 cm³/mol. The molecule has 1 heterocycles. The molecule has 0 radical (unpaired) electrons. The summed E-state index contributed by atoms with van der Waals surface area (Å²) in [5, 5.41) is 13.0. The normalized spacial score (nSPS) is 19.4. The van der Waals surface area contributed by atoms with Crippen molar-refractivity contribution < 1.29 is 19.2 Å². The van der Waals surface area contributed by atoms with Crippen LogP contribution in [0.1, 0.15) is 29.9 Å². The van der Waals surface area contributed by atoms with Crippen LogP contribution in [0.2, 0.25) is 0 Å². The van der Waals surface area contributed by atoms with Crippen LogP contribution >= 0.6 is 0 Å². The third-order valence-corrected chi connectivity index (χ3v) is 3.28. The Hall–Kier alpha value is -1.36. The first-order valence-corrected chi connectivity index (χ1v) is 5.22. The van der Waals surface area contributed by atoms with Crippen LogP contribution in [-0.4, -0.2) is 29.4 Å². The highest BCUT2D eigenvalue weighted by Crippen LogP contribution is 2.54. The van der Waals surface area contributed by atoms with Gasteiger partial charge in [0.1, 0.15) is 5.76 Å². The fraction of sp³-hybridized carbons (Fsp3) is 0.636. The number of aromatic nitrogens is 1. The number of rotatable bonds is 4. The van der Waals surface area contributed by atoms with Crippen molar-refractivity contribution in [2.75, 3.05) is 7.11 Å². The van der Waals surface area contributed by atoms with Gasteiger partial charge in [0, 0.05) is 18.1 Å². The number of carbonyl (C=O) groups is 1. The minimum atomic E-state index is -0.931. The molecule has 1 unspecified atom stereocenters. The Balaban J connectivity index is 2.43. The van der Waals surface area contributed by atoms with E-state index < -0.39 is 17.5 Å². The lowest BCUT2D eigenvalue weighted by Crippen LogP contribution is -2.36. The zero-order valence-corrected chi connectivity index (χ0v) is 9.61. The number of aryl methyl sites for hydroxylation is 2. The Bertz CT molecular complexity index is 400. The van der Waals surface area contributed by atoms with Gasteiger partial charge in [-0.3, -0.25) is 0 Å². The van der Waals surface area contributed by atoms with Gasteiger partial charge < -0.3 is 14.4 Å². The summed E-state index contributed by atoms with van der Waals surface area (Å²) in [6.07, 6.45) is 0.797. The van der Waals surface area contributed by atoms with E-state index in [4.69, 9.17) is 14.4 Å². The van der Waals surface area contributed by atoms with Crippen molar-refractivity contribution in [1.29, 1.82) is 0 Å². The maximum absolute atomic E-state index is 11.2. The summed E-state index contributed by atoms with van der Waals surface area (Å²) in [6.45, 7) is 3.64. The summed E-state index contributed by atoms with van der Waals surface area (Å²) in [4.78, 5) is 11.2. The molecule has 1 saturated carbocycles. The lowest BCUT2D eigenvalue weighted by atomic mass is 9.88. The van der Waals surface area contributed by atoms with Crippen LogP contribution in [0.25, 0.3) is 0 Å². The molecular weight excluding hydrogens is 210 g/mol. The van der Waals surface area contributed by atoms with Gasteiger partial charge >= 0.3 is 5.97 Å². The average Bonchev–Trinajstić information content (AvgIpc) is 2.90. The Morgan fingerprint density at radius 2 is 2.19 bits per heavy atom. The highest BCUT2D eigenvalue weighted by molar-refractivity contribution is 5.76. The average molecular weight is 225 g/mol. The monoisotopic (exact) mass is 225 g/mol. The summed E-state index contributed by atoms with van der Waals surface area (Å²) < 4.78 is 10.2. The maximum atomic E-state index is 11.2. The number of carboxylic acids is 1. The van der Waals surface area contributed by atoms with Gasteiger partial charge in [-0.05, 0) is 26.7 Å². The van der Waals surface area contributed by atoms with Crippen LogP contribution in [0.4, 0.5) is 0 Å². The molecule has 5 heteroatoms. The number of methoxy groups -OCH3 is 1. The molecule has 1 aromatic heterocycles. The smallest absolute Gasteiger partial charge is 0.333 e. The standard InChI is InChI=1S/C11H15NO4/c1-6-8(7(2)16-12-6)11(4-5-11)9(15-3)10(13)14/h9H,4-5H2,1-3H3,(H,13,14). The molecule has 16 heavy (non-hydrogen) atoms. The first-order chi connectivity index (χ1) is 7.53. The third-order valence-electron chi connectivity index (χ3n) is 3.28. The molecule has 1 N–H and O–H groups in total. The molecular formula is C11H15NO4. The molecule has 0 aliphatic heterocycles. The molecule has 1 aromatic rings. The Labute approximate surface area is 93.4 Å². The van der Waals surface area contributed by atoms with Gasteiger partial charge in [0.2, 0.25) is 0 Å². The summed E-state index contributed by atoms with van der Waals surface area (Å²) in [5.74, 6) is -0.238. The van der Waals surface area contributed by atoms with Crippen LogP contribution in [0.15, 0.2) is 4.52 Å². The molecule has 2 rings (SSSR count). The van der Waals surface area contributed by atoms with Crippen molar-refractivity contribution in [3.8, 4) is 0 Å². The van der Waals surface area contributed by atoms with E-state index in [1.165, 1.54) is 7.11 Å². The third kappa shape index (κ3) is 1.43. The molecule has 0 aromatic carbocycles. The highest BCUT2D eigenvalue weighted by atomic mass is 16.5. The van der Waals surface area contributed by atoms with Crippen LogP contribution in [-0.2, 0) is 14.9 Å². The number of ether oxygens (including phenoxy) is 1. The Morgan fingerprint density at radius 1 is 1.56 bits per heavy atom. The fourth-order valence-electron chi connectivity index (χ4n) is 2.53. The zero-order chi connectivity index (χ0) is 11.9. The van der Waals surface area contributed by atoms with Crippen LogP contribution in [0.3, 0.4) is 0 Å². The van der Waals surface area contributed by atoms with Crippen LogP contribution < -0.4 is 0 Å². The number of nitrogens with zero attached hydrogens (tertiary/aromatic N) is 1.